The largest absolute Gasteiger partial charge is 0.396 e. The van der Waals surface area contributed by atoms with Gasteiger partial charge >= 0.3 is 6.18 Å². The molecule has 2 N–H and O–H groups in total. The molecule has 1 aliphatic carbocycles. The molecule has 2 fully saturated rings. The molecule has 170 valence electrons. The number of hydrogen-bond acceptors (Lipinski definition) is 4. The minimum absolute atomic E-state index is 0.158. The first kappa shape index (κ1) is 22.1. The van der Waals surface area contributed by atoms with Gasteiger partial charge in [0.05, 0.1) is 18.4 Å². The first-order valence-electron chi connectivity index (χ1n) is 10.8. The number of aromatic nitrogens is 1. The van der Waals surface area contributed by atoms with Gasteiger partial charge in [-0.25, -0.2) is 0 Å². The second-order valence-electron chi connectivity index (χ2n) is 8.81. The SMILES string of the molecule is C/C=C\c1ccc2n(c1=O)C[C@H]1[C@H](CO)[C@@H](C(=O)NCC3CC3)[C@@H]2N1CCC(F)(F)F. The van der Waals surface area contributed by atoms with Crippen LogP contribution < -0.4 is 10.9 Å². The lowest BCUT2D eigenvalue weighted by Gasteiger charge is -2.38. The zero-order chi connectivity index (χ0) is 22.3. The van der Waals surface area contributed by atoms with Crippen molar-refractivity contribution < 1.29 is 23.1 Å². The number of amides is 1. The average molecular weight is 439 g/mol. The molecule has 0 spiro atoms. The third-order valence-corrected chi connectivity index (χ3v) is 6.76. The lowest BCUT2D eigenvalue weighted by molar-refractivity contribution is -0.140. The number of alkyl halides is 3. The average Bonchev–Trinajstić information content (AvgIpc) is 3.51. The number of aliphatic hydroxyl groups excluding tert-OH is 1. The van der Waals surface area contributed by atoms with E-state index in [1.165, 1.54) is 0 Å². The minimum Gasteiger partial charge on any atom is -0.396 e. The van der Waals surface area contributed by atoms with Crippen LogP contribution in [-0.4, -0.2) is 52.4 Å². The summed E-state index contributed by atoms with van der Waals surface area (Å²) in [5.41, 5.74) is 0.806. The zero-order valence-corrected chi connectivity index (χ0v) is 17.4. The first-order chi connectivity index (χ1) is 14.7. The summed E-state index contributed by atoms with van der Waals surface area (Å²) in [7, 11) is 0. The van der Waals surface area contributed by atoms with Gasteiger partial charge in [0.2, 0.25) is 5.91 Å². The van der Waals surface area contributed by atoms with Gasteiger partial charge < -0.3 is 15.0 Å². The zero-order valence-electron chi connectivity index (χ0n) is 17.4. The lowest BCUT2D eigenvalue weighted by Crippen LogP contribution is -2.47. The molecule has 1 amide bonds. The fourth-order valence-electron chi connectivity index (χ4n) is 5.09. The van der Waals surface area contributed by atoms with Crippen LogP contribution in [0.3, 0.4) is 0 Å². The highest BCUT2D eigenvalue weighted by Crippen LogP contribution is 2.48. The van der Waals surface area contributed by atoms with Crippen molar-refractivity contribution in [2.24, 2.45) is 17.8 Å². The Morgan fingerprint density at radius 1 is 1.32 bits per heavy atom. The second-order valence-corrected chi connectivity index (χ2v) is 8.81. The second kappa shape index (κ2) is 8.43. The van der Waals surface area contributed by atoms with E-state index in [2.05, 4.69) is 5.32 Å². The standard InChI is InChI=1S/C22H28F3N3O3/c1-2-3-14-6-7-16-19-18(20(30)26-10-13-4-5-13)15(12-29)17(11-28(16)21(14)31)27(19)9-8-22(23,24)25/h2-3,6-7,13,15,17-19,29H,4-5,8-12H2,1H3,(H,26,30)/b3-2-/t15-,17-,18+,19+/m0/s1. The van der Waals surface area contributed by atoms with E-state index < -0.39 is 36.5 Å². The summed E-state index contributed by atoms with van der Waals surface area (Å²) < 4.78 is 40.6. The summed E-state index contributed by atoms with van der Waals surface area (Å²) >= 11 is 0. The Labute approximate surface area is 178 Å². The van der Waals surface area contributed by atoms with Gasteiger partial charge in [-0.3, -0.25) is 14.5 Å². The maximum atomic E-state index is 13.1. The van der Waals surface area contributed by atoms with Crippen LogP contribution in [0.2, 0.25) is 0 Å². The van der Waals surface area contributed by atoms with E-state index in [-0.39, 0.29) is 31.2 Å². The summed E-state index contributed by atoms with van der Waals surface area (Å²) in [5.74, 6) is -1.05. The van der Waals surface area contributed by atoms with Crippen molar-refractivity contribution in [2.75, 3.05) is 19.7 Å². The predicted octanol–water partition coefficient (Wildman–Crippen LogP) is 2.32. The molecule has 2 aliphatic heterocycles. The van der Waals surface area contributed by atoms with E-state index in [9.17, 15) is 27.9 Å². The summed E-state index contributed by atoms with van der Waals surface area (Å²) in [6.45, 7) is 1.91. The van der Waals surface area contributed by atoms with Gasteiger partial charge in [-0.2, -0.15) is 13.2 Å². The van der Waals surface area contributed by atoms with Crippen LogP contribution in [0.15, 0.2) is 23.0 Å². The number of pyridine rings is 1. The van der Waals surface area contributed by atoms with Gasteiger partial charge in [0.15, 0.2) is 0 Å². The van der Waals surface area contributed by atoms with Crippen molar-refractivity contribution in [1.29, 1.82) is 0 Å². The number of carbonyl (C=O) groups is 1. The molecule has 1 saturated heterocycles. The van der Waals surface area contributed by atoms with E-state index in [0.717, 1.165) is 12.8 Å². The van der Waals surface area contributed by atoms with Crippen LogP contribution in [0, 0.1) is 17.8 Å². The molecule has 2 bridgehead atoms. The van der Waals surface area contributed by atoms with E-state index >= 15 is 0 Å². The van der Waals surface area contributed by atoms with Gasteiger partial charge in [0.25, 0.3) is 5.56 Å². The van der Waals surface area contributed by atoms with Crippen molar-refractivity contribution in [3.05, 3.63) is 39.8 Å². The number of halogens is 3. The van der Waals surface area contributed by atoms with Gasteiger partial charge in [-0.15, -0.1) is 0 Å². The molecule has 6 nitrogen and oxygen atoms in total. The first-order valence-corrected chi connectivity index (χ1v) is 10.8. The third kappa shape index (κ3) is 4.30. The number of allylic oxidation sites excluding steroid dienone is 1. The molecule has 0 aromatic carbocycles. The smallest absolute Gasteiger partial charge is 0.390 e. The number of nitrogens with zero attached hydrogens (tertiary/aromatic N) is 2. The molecule has 4 rings (SSSR count). The molecule has 4 atom stereocenters. The Bertz CT molecular complexity index is 923. The van der Waals surface area contributed by atoms with Crippen molar-refractivity contribution in [3.63, 3.8) is 0 Å². The molecule has 3 heterocycles. The van der Waals surface area contributed by atoms with Gasteiger partial charge in [0, 0.05) is 49.5 Å². The van der Waals surface area contributed by atoms with Crippen molar-refractivity contribution in [3.8, 4) is 0 Å². The van der Waals surface area contributed by atoms with E-state index in [0.29, 0.717) is 23.7 Å². The fourth-order valence-corrected chi connectivity index (χ4v) is 5.09. The van der Waals surface area contributed by atoms with Crippen LogP contribution in [0.5, 0.6) is 0 Å². The Kier molecular flexibility index (Phi) is 6.00. The summed E-state index contributed by atoms with van der Waals surface area (Å²) in [6, 6.07) is 2.20. The number of fused-ring (bicyclic) bond motifs is 4. The normalized spacial score (nSPS) is 28.2. The maximum absolute atomic E-state index is 13.1. The number of carbonyl (C=O) groups excluding carboxylic acids is 1. The maximum Gasteiger partial charge on any atom is 0.390 e. The fraction of sp³-hybridized carbons (Fsp3) is 0.636. The number of nitrogens with one attached hydrogen (secondary N) is 1. The molecule has 0 radical (unpaired) electrons. The molecular weight excluding hydrogens is 411 g/mol. The molecule has 9 heteroatoms. The highest BCUT2D eigenvalue weighted by molar-refractivity contribution is 5.80. The van der Waals surface area contributed by atoms with Crippen LogP contribution in [0.1, 0.15) is 43.5 Å². The monoisotopic (exact) mass is 439 g/mol. The lowest BCUT2D eigenvalue weighted by atomic mass is 9.86. The van der Waals surface area contributed by atoms with Crippen LogP contribution in [0.25, 0.3) is 6.08 Å². The van der Waals surface area contributed by atoms with Crippen LogP contribution in [0.4, 0.5) is 13.2 Å². The molecular formula is C22H28F3N3O3. The van der Waals surface area contributed by atoms with Crippen molar-refractivity contribution in [2.45, 2.75) is 51.0 Å². The van der Waals surface area contributed by atoms with Crippen molar-refractivity contribution >= 4 is 12.0 Å². The summed E-state index contributed by atoms with van der Waals surface area (Å²) in [5, 5.41) is 13.1. The van der Waals surface area contributed by atoms with Crippen molar-refractivity contribution in [1.82, 2.24) is 14.8 Å². The van der Waals surface area contributed by atoms with E-state index in [1.54, 1.807) is 40.7 Å². The molecule has 1 aromatic heterocycles. The van der Waals surface area contributed by atoms with Crippen LogP contribution in [-0.2, 0) is 11.3 Å². The highest BCUT2D eigenvalue weighted by atomic mass is 19.4. The Morgan fingerprint density at radius 3 is 2.68 bits per heavy atom. The number of rotatable bonds is 7. The Hall–Kier alpha value is -2.13. The topological polar surface area (TPSA) is 74.6 Å². The summed E-state index contributed by atoms with van der Waals surface area (Å²) in [4.78, 5) is 27.8. The van der Waals surface area contributed by atoms with E-state index in [4.69, 9.17) is 0 Å². The molecule has 31 heavy (non-hydrogen) atoms. The van der Waals surface area contributed by atoms with Gasteiger partial charge in [-0.05, 0) is 37.8 Å². The number of aliphatic hydroxyl groups is 1. The van der Waals surface area contributed by atoms with Gasteiger partial charge in [0.1, 0.15) is 0 Å². The quantitative estimate of drug-likeness (QED) is 0.684. The molecule has 1 aromatic rings. The third-order valence-electron chi connectivity index (χ3n) is 6.76. The van der Waals surface area contributed by atoms with Crippen LogP contribution >= 0.6 is 0 Å². The molecule has 3 aliphatic rings. The number of hydrogen-bond donors (Lipinski definition) is 2. The molecule has 0 unspecified atom stereocenters. The van der Waals surface area contributed by atoms with E-state index in [1.807, 2.05) is 0 Å². The minimum atomic E-state index is -4.33. The Morgan fingerprint density at radius 2 is 2.06 bits per heavy atom. The highest BCUT2D eigenvalue weighted by Gasteiger charge is 2.56. The predicted molar refractivity (Wildman–Crippen MR) is 109 cm³/mol. The van der Waals surface area contributed by atoms with Gasteiger partial charge in [-0.1, -0.05) is 12.2 Å². The summed E-state index contributed by atoms with van der Waals surface area (Å²) in [6.07, 6.45) is 0.229. The Balaban J connectivity index is 1.73. The molecule has 1 saturated carbocycles.